The fraction of sp³-hybridized carbons (Fsp3) is 0.538. The van der Waals surface area contributed by atoms with Crippen molar-refractivity contribution in [1.82, 2.24) is 5.32 Å². The molecule has 0 saturated carbocycles. The molecule has 0 bridgehead atoms. The Morgan fingerprint density at radius 1 is 1.38 bits per heavy atom. The van der Waals surface area contributed by atoms with Crippen molar-refractivity contribution in [1.29, 1.82) is 0 Å². The molecule has 0 saturated heterocycles. The Labute approximate surface area is 96.8 Å². The molecule has 1 unspecified atom stereocenters. The van der Waals surface area contributed by atoms with Crippen molar-refractivity contribution in [2.24, 2.45) is 5.92 Å². The fourth-order valence-electron chi connectivity index (χ4n) is 1.74. The van der Waals surface area contributed by atoms with E-state index in [9.17, 15) is 4.39 Å². The topological polar surface area (TPSA) is 21.3 Å². The molecule has 0 aliphatic heterocycles. The van der Waals surface area contributed by atoms with Gasteiger partial charge in [-0.1, -0.05) is 18.2 Å². The molecule has 1 atom stereocenters. The summed E-state index contributed by atoms with van der Waals surface area (Å²) in [6.07, 6.45) is 0.716. The second-order valence-electron chi connectivity index (χ2n) is 3.88. The van der Waals surface area contributed by atoms with E-state index >= 15 is 0 Å². The van der Waals surface area contributed by atoms with E-state index in [2.05, 4.69) is 5.32 Å². The lowest BCUT2D eigenvalue weighted by atomic mass is 9.99. The molecule has 3 heteroatoms. The Bertz CT molecular complexity index is 304. The van der Waals surface area contributed by atoms with E-state index < -0.39 is 0 Å². The van der Waals surface area contributed by atoms with E-state index in [0.29, 0.717) is 25.6 Å². The predicted octanol–water partition coefficient (Wildman–Crippen LogP) is 2.24. The predicted molar refractivity (Wildman–Crippen MR) is 64.0 cm³/mol. The first-order valence-corrected chi connectivity index (χ1v) is 5.73. The highest BCUT2D eigenvalue weighted by Gasteiger charge is 2.11. The smallest absolute Gasteiger partial charge is 0.126 e. The number of ether oxygens (including phenoxy) is 1. The first kappa shape index (κ1) is 13.1. The summed E-state index contributed by atoms with van der Waals surface area (Å²) >= 11 is 0. The van der Waals surface area contributed by atoms with Gasteiger partial charge in [0.2, 0.25) is 0 Å². The third-order valence-electron chi connectivity index (χ3n) is 2.52. The van der Waals surface area contributed by atoms with E-state index in [1.165, 1.54) is 6.07 Å². The van der Waals surface area contributed by atoms with Crippen molar-refractivity contribution in [2.75, 3.05) is 26.8 Å². The third kappa shape index (κ3) is 4.29. The van der Waals surface area contributed by atoms with Gasteiger partial charge >= 0.3 is 0 Å². The van der Waals surface area contributed by atoms with E-state index in [0.717, 1.165) is 12.1 Å². The van der Waals surface area contributed by atoms with Crippen LogP contribution in [0, 0.1) is 11.7 Å². The minimum Gasteiger partial charge on any atom is -0.381 e. The Morgan fingerprint density at radius 2 is 2.12 bits per heavy atom. The van der Waals surface area contributed by atoms with Crippen LogP contribution in [-0.4, -0.2) is 26.8 Å². The molecule has 0 fully saturated rings. The Hall–Kier alpha value is -0.930. The van der Waals surface area contributed by atoms with Gasteiger partial charge in [0.25, 0.3) is 0 Å². The molecular weight excluding hydrogens is 205 g/mol. The molecule has 2 nitrogen and oxygen atoms in total. The second kappa shape index (κ2) is 7.36. The molecule has 0 spiro atoms. The molecule has 90 valence electrons. The second-order valence-corrected chi connectivity index (χ2v) is 3.88. The lowest BCUT2D eigenvalue weighted by Gasteiger charge is -2.16. The van der Waals surface area contributed by atoms with Crippen LogP contribution in [0.1, 0.15) is 12.5 Å². The first-order chi connectivity index (χ1) is 7.77. The van der Waals surface area contributed by atoms with E-state index in [1.807, 2.05) is 26.1 Å². The number of benzene rings is 1. The maximum Gasteiger partial charge on any atom is 0.126 e. The standard InChI is InChI=1S/C13H20FNO/c1-3-16-10-11(9-15-2)8-12-6-4-5-7-13(12)14/h4-7,11,15H,3,8-10H2,1-2H3. The minimum absolute atomic E-state index is 0.125. The van der Waals surface area contributed by atoms with Crippen molar-refractivity contribution in [3.63, 3.8) is 0 Å². The van der Waals surface area contributed by atoms with Gasteiger partial charge in [0, 0.05) is 13.2 Å². The molecule has 0 aliphatic carbocycles. The lowest BCUT2D eigenvalue weighted by Crippen LogP contribution is -2.25. The largest absolute Gasteiger partial charge is 0.381 e. The van der Waals surface area contributed by atoms with Crippen molar-refractivity contribution < 1.29 is 9.13 Å². The Kier molecular flexibility index (Phi) is 6.04. The third-order valence-corrected chi connectivity index (χ3v) is 2.52. The maximum atomic E-state index is 13.5. The highest BCUT2D eigenvalue weighted by atomic mass is 19.1. The van der Waals surface area contributed by atoms with Gasteiger partial charge in [-0.25, -0.2) is 4.39 Å². The lowest BCUT2D eigenvalue weighted by molar-refractivity contribution is 0.110. The van der Waals surface area contributed by atoms with Gasteiger partial charge in [-0.05, 0) is 37.9 Å². The summed E-state index contributed by atoms with van der Waals surface area (Å²) in [5.41, 5.74) is 0.766. The summed E-state index contributed by atoms with van der Waals surface area (Å²) in [6.45, 7) is 4.19. The van der Waals surface area contributed by atoms with Crippen LogP contribution in [0.2, 0.25) is 0 Å². The van der Waals surface area contributed by atoms with Crippen molar-refractivity contribution in [3.05, 3.63) is 35.6 Å². The van der Waals surface area contributed by atoms with Crippen molar-refractivity contribution in [2.45, 2.75) is 13.3 Å². The molecule has 1 aromatic carbocycles. The molecule has 16 heavy (non-hydrogen) atoms. The van der Waals surface area contributed by atoms with Crippen molar-refractivity contribution in [3.8, 4) is 0 Å². The van der Waals surface area contributed by atoms with Crippen LogP contribution in [0.4, 0.5) is 4.39 Å². The fourth-order valence-corrected chi connectivity index (χ4v) is 1.74. The zero-order valence-corrected chi connectivity index (χ0v) is 10.0. The molecular formula is C13H20FNO. The number of halogens is 1. The van der Waals surface area contributed by atoms with E-state index in [-0.39, 0.29) is 5.82 Å². The van der Waals surface area contributed by atoms with Crippen LogP contribution >= 0.6 is 0 Å². The summed E-state index contributed by atoms with van der Waals surface area (Å²) in [5.74, 6) is 0.196. The monoisotopic (exact) mass is 225 g/mol. The molecule has 0 aliphatic rings. The van der Waals surface area contributed by atoms with Gasteiger partial charge in [-0.3, -0.25) is 0 Å². The Balaban J connectivity index is 2.56. The number of nitrogens with one attached hydrogen (secondary N) is 1. The molecule has 0 heterocycles. The summed E-state index contributed by atoms with van der Waals surface area (Å²) in [7, 11) is 1.90. The van der Waals surface area contributed by atoms with Crippen LogP contribution in [0.5, 0.6) is 0 Å². The number of hydrogen-bond donors (Lipinski definition) is 1. The summed E-state index contributed by atoms with van der Waals surface area (Å²) < 4.78 is 18.8. The highest BCUT2D eigenvalue weighted by Crippen LogP contribution is 2.12. The quantitative estimate of drug-likeness (QED) is 0.768. The van der Waals surface area contributed by atoms with Crippen LogP contribution in [-0.2, 0) is 11.2 Å². The number of hydrogen-bond acceptors (Lipinski definition) is 2. The summed E-state index contributed by atoms with van der Waals surface area (Å²) in [6, 6.07) is 6.93. The first-order valence-electron chi connectivity index (χ1n) is 5.73. The van der Waals surface area contributed by atoms with Gasteiger partial charge < -0.3 is 10.1 Å². The average molecular weight is 225 g/mol. The van der Waals surface area contributed by atoms with E-state index in [4.69, 9.17) is 4.74 Å². The van der Waals surface area contributed by atoms with Crippen LogP contribution in [0.15, 0.2) is 24.3 Å². The summed E-state index contributed by atoms with van der Waals surface area (Å²) in [5, 5.41) is 3.11. The summed E-state index contributed by atoms with van der Waals surface area (Å²) in [4.78, 5) is 0. The van der Waals surface area contributed by atoms with Crippen molar-refractivity contribution >= 4 is 0 Å². The number of rotatable bonds is 7. The van der Waals surface area contributed by atoms with Gasteiger partial charge in [0.05, 0.1) is 6.61 Å². The molecule has 1 aromatic rings. The molecule has 1 N–H and O–H groups in total. The SMILES string of the molecule is CCOCC(CNC)Cc1ccccc1F. The minimum atomic E-state index is -0.125. The van der Waals surface area contributed by atoms with Crippen LogP contribution < -0.4 is 5.32 Å². The molecule has 0 radical (unpaired) electrons. The maximum absolute atomic E-state index is 13.5. The molecule has 0 amide bonds. The highest BCUT2D eigenvalue weighted by molar-refractivity contribution is 5.17. The van der Waals surface area contributed by atoms with Gasteiger partial charge in [-0.15, -0.1) is 0 Å². The van der Waals surface area contributed by atoms with Crippen LogP contribution in [0.3, 0.4) is 0 Å². The molecule has 0 aromatic heterocycles. The zero-order valence-electron chi connectivity index (χ0n) is 10.0. The normalized spacial score (nSPS) is 12.7. The zero-order chi connectivity index (χ0) is 11.8. The van der Waals surface area contributed by atoms with Gasteiger partial charge in [0.1, 0.15) is 5.82 Å². The van der Waals surface area contributed by atoms with Gasteiger partial charge in [0.15, 0.2) is 0 Å². The Morgan fingerprint density at radius 3 is 2.75 bits per heavy atom. The average Bonchev–Trinajstić information content (AvgIpc) is 2.29. The van der Waals surface area contributed by atoms with E-state index in [1.54, 1.807) is 6.07 Å². The van der Waals surface area contributed by atoms with Crippen LogP contribution in [0.25, 0.3) is 0 Å². The van der Waals surface area contributed by atoms with Gasteiger partial charge in [-0.2, -0.15) is 0 Å². The molecule has 1 rings (SSSR count).